The number of aryl methyl sites for hydroxylation is 1. The van der Waals surface area contributed by atoms with Crippen LogP contribution in [0.15, 0.2) is 72.8 Å². The molecule has 0 N–H and O–H groups in total. The first-order chi connectivity index (χ1) is 12.7. The maximum Gasteiger partial charge on any atom is 0.310 e. The number of fused-ring (bicyclic) bond motifs is 3. The third kappa shape index (κ3) is 3.16. The maximum absolute atomic E-state index is 12.3. The summed E-state index contributed by atoms with van der Waals surface area (Å²) < 4.78 is 5.54. The molecule has 0 saturated carbocycles. The molecule has 0 saturated heterocycles. The monoisotopic (exact) mass is 341 g/mol. The third-order valence-corrected chi connectivity index (χ3v) is 4.65. The quantitative estimate of drug-likeness (QED) is 0.388. The van der Waals surface area contributed by atoms with Crippen LogP contribution in [0, 0.1) is 6.92 Å². The second kappa shape index (κ2) is 6.96. The van der Waals surface area contributed by atoms with E-state index in [0.29, 0.717) is 0 Å². The Labute approximate surface area is 152 Å². The van der Waals surface area contributed by atoms with Gasteiger partial charge in [0.15, 0.2) is 0 Å². The Balaban J connectivity index is 1.60. The minimum absolute atomic E-state index is 0.177. The zero-order valence-electron chi connectivity index (χ0n) is 14.6. The Bertz CT molecular complexity index is 1100. The molecule has 0 amide bonds. The SMILES string of the molecule is Cc1ccccc1CC(=O)OCc1nc2ccccc2c2ccccc12. The van der Waals surface area contributed by atoms with Crippen molar-refractivity contribution < 1.29 is 9.53 Å². The molecule has 0 unspecified atom stereocenters. The minimum atomic E-state index is -0.238. The maximum atomic E-state index is 12.3. The molecule has 0 radical (unpaired) electrons. The first kappa shape index (κ1) is 16.3. The molecular weight excluding hydrogens is 322 g/mol. The van der Waals surface area contributed by atoms with Crippen molar-refractivity contribution in [1.82, 2.24) is 4.98 Å². The van der Waals surface area contributed by atoms with E-state index in [9.17, 15) is 4.79 Å². The molecule has 1 heterocycles. The predicted octanol–water partition coefficient (Wildman–Crippen LogP) is 4.98. The fourth-order valence-electron chi connectivity index (χ4n) is 3.25. The van der Waals surface area contributed by atoms with E-state index in [1.165, 1.54) is 0 Å². The van der Waals surface area contributed by atoms with Crippen LogP contribution in [0.3, 0.4) is 0 Å². The summed E-state index contributed by atoms with van der Waals surface area (Å²) in [5, 5.41) is 3.26. The smallest absolute Gasteiger partial charge is 0.310 e. The number of benzene rings is 3. The standard InChI is InChI=1S/C23H19NO2/c1-16-8-2-3-9-17(16)14-23(25)26-15-22-20-12-5-4-10-18(20)19-11-6-7-13-21(19)24-22/h2-13H,14-15H2,1H3. The molecule has 26 heavy (non-hydrogen) atoms. The number of aromatic nitrogens is 1. The Morgan fingerprint density at radius 1 is 0.846 bits per heavy atom. The first-order valence-electron chi connectivity index (χ1n) is 8.69. The van der Waals surface area contributed by atoms with Crippen LogP contribution < -0.4 is 0 Å². The van der Waals surface area contributed by atoms with E-state index in [2.05, 4.69) is 12.1 Å². The fraction of sp³-hybridized carbons (Fsp3) is 0.130. The van der Waals surface area contributed by atoms with Gasteiger partial charge in [-0.3, -0.25) is 4.79 Å². The van der Waals surface area contributed by atoms with Crippen LogP contribution in [0.4, 0.5) is 0 Å². The van der Waals surface area contributed by atoms with Gasteiger partial charge < -0.3 is 4.74 Å². The van der Waals surface area contributed by atoms with Crippen molar-refractivity contribution in [3.8, 4) is 0 Å². The number of esters is 1. The van der Waals surface area contributed by atoms with Crippen LogP contribution in [-0.4, -0.2) is 11.0 Å². The lowest BCUT2D eigenvalue weighted by Gasteiger charge is -2.11. The van der Waals surface area contributed by atoms with Crippen LogP contribution in [0.25, 0.3) is 21.7 Å². The second-order valence-corrected chi connectivity index (χ2v) is 6.39. The summed E-state index contributed by atoms with van der Waals surface area (Å²) in [6.07, 6.45) is 0.276. The van der Waals surface area contributed by atoms with Crippen LogP contribution >= 0.6 is 0 Å². The molecule has 0 spiro atoms. The molecule has 0 aliphatic heterocycles. The van der Waals surface area contributed by atoms with Gasteiger partial charge in [0.25, 0.3) is 0 Å². The lowest BCUT2D eigenvalue weighted by Crippen LogP contribution is -2.10. The molecule has 1 aromatic heterocycles. The van der Waals surface area contributed by atoms with Gasteiger partial charge in [-0.1, -0.05) is 66.7 Å². The van der Waals surface area contributed by atoms with Gasteiger partial charge in [-0.2, -0.15) is 0 Å². The molecule has 0 atom stereocenters. The molecule has 3 aromatic carbocycles. The van der Waals surface area contributed by atoms with Crippen molar-refractivity contribution in [2.75, 3.05) is 0 Å². The summed E-state index contributed by atoms with van der Waals surface area (Å²) >= 11 is 0. The Morgan fingerprint density at radius 3 is 2.31 bits per heavy atom. The highest BCUT2D eigenvalue weighted by Crippen LogP contribution is 2.26. The number of hydrogen-bond acceptors (Lipinski definition) is 3. The molecular formula is C23H19NO2. The number of pyridine rings is 1. The molecule has 128 valence electrons. The normalized spacial score (nSPS) is 11.0. The van der Waals surface area contributed by atoms with Gasteiger partial charge in [0.2, 0.25) is 0 Å². The van der Waals surface area contributed by atoms with Crippen molar-refractivity contribution >= 4 is 27.6 Å². The third-order valence-electron chi connectivity index (χ3n) is 4.65. The fourth-order valence-corrected chi connectivity index (χ4v) is 3.25. The summed E-state index contributed by atoms with van der Waals surface area (Å²) in [5.74, 6) is -0.238. The number of para-hydroxylation sites is 1. The van der Waals surface area contributed by atoms with E-state index in [-0.39, 0.29) is 19.0 Å². The number of nitrogens with zero attached hydrogens (tertiary/aromatic N) is 1. The zero-order valence-corrected chi connectivity index (χ0v) is 14.6. The summed E-state index contributed by atoms with van der Waals surface area (Å²) in [4.78, 5) is 17.0. The number of carbonyl (C=O) groups is 1. The van der Waals surface area contributed by atoms with E-state index >= 15 is 0 Å². The second-order valence-electron chi connectivity index (χ2n) is 6.39. The van der Waals surface area contributed by atoms with Gasteiger partial charge in [0, 0.05) is 10.8 Å². The van der Waals surface area contributed by atoms with Crippen molar-refractivity contribution in [1.29, 1.82) is 0 Å². The first-order valence-corrected chi connectivity index (χ1v) is 8.69. The van der Waals surface area contributed by atoms with Crippen LogP contribution in [0.1, 0.15) is 16.8 Å². The Kier molecular flexibility index (Phi) is 4.36. The van der Waals surface area contributed by atoms with Crippen LogP contribution in [0.5, 0.6) is 0 Å². The number of carbonyl (C=O) groups excluding carboxylic acids is 1. The van der Waals surface area contributed by atoms with Gasteiger partial charge >= 0.3 is 5.97 Å². The molecule has 4 aromatic rings. The van der Waals surface area contributed by atoms with Crippen molar-refractivity contribution in [2.45, 2.75) is 20.0 Å². The van der Waals surface area contributed by atoms with Crippen LogP contribution in [-0.2, 0) is 22.6 Å². The van der Waals surface area contributed by atoms with Gasteiger partial charge in [-0.25, -0.2) is 4.98 Å². The molecule has 0 bridgehead atoms. The summed E-state index contributed by atoms with van der Waals surface area (Å²) in [7, 11) is 0. The van der Waals surface area contributed by atoms with Crippen LogP contribution in [0.2, 0.25) is 0 Å². The molecule has 0 aliphatic carbocycles. The highest BCUT2D eigenvalue weighted by molar-refractivity contribution is 6.06. The van der Waals surface area contributed by atoms with Gasteiger partial charge in [0.1, 0.15) is 6.61 Å². The Hall–Kier alpha value is -3.20. The minimum Gasteiger partial charge on any atom is -0.459 e. The molecule has 4 rings (SSSR count). The highest BCUT2D eigenvalue weighted by atomic mass is 16.5. The lowest BCUT2D eigenvalue weighted by molar-refractivity contribution is -0.144. The molecule has 0 fully saturated rings. The number of ether oxygens (including phenoxy) is 1. The average molecular weight is 341 g/mol. The molecule has 0 aliphatic rings. The highest BCUT2D eigenvalue weighted by Gasteiger charge is 2.11. The van der Waals surface area contributed by atoms with E-state index in [1.54, 1.807) is 0 Å². The van der Waals surface area contributed by atoms with E-state index < -0.39 is 0 Å². The van der Waals surface area contributed by atoms with E-state index in [0.717, 1.165) is 38.5 Å². The summed E-state index contributed by atoms with van der Waals surface area (Å²) in [6.45, 7) is 2.18. The Morgan fingerprint density at radius 2 is 1.50 bits per heavy atom. The van der Waals surface area contributed by atoms with E-state index in [1.807, 2.05) is 67.6 Å². The summed E-state index contributed by atoms with van der Waals surface area (Å²) in [6, 6.07) is 24.0. The van der Waals surface area contributed by atoms with Crippen molar-refractivity contribution in [3.63, 3.8) is 0 Å². The van der Waals surface area contributed by atoms with Crippen molar-refractivity contribution in [3.05, 3.63) is 89.6 Å². The van der Waals surface area contributed by atoms with Gasteiger partial charge in [-0.15, -0.1) is 0 Å². The van der Waals surface area contributed by atoms with Gasteiger partial charge in [0.05, 0.1) is 17.6 Å². The zero-order chi connectivity index (χ0) is 17.9. The topological polar surface area (TPSA) is 39.2 Å². The largest absolute Gasteiger partial charge is 0.459 e. The lowest BCUT2D eigenvalue weighted by atomic mass is 10.0. The molecule has 3 heteroatoms. The predicted molar refractivity (Wildman–Crippen MR) is 104 cm³/mol. The van der Waals surface area contributed by atoms with E-state index in [4.69, 9.17) is 9.72 Å². The number of rotatable bonds is 4. The summed E-state index contributed by atoms with van der Waals surface area (Å²) in [5.41, 5.74) is 3.79. The van der Waals surface area contributed by atoms with Gasteiger partial charge in [-0.05, 0) is 29.5 Å². The van der Waals surface area contributed by atoms with Crippen molar-refractivity contribution in [2.24, 2.45) is 0 Å². The number of hydrogen-bond donors (Lipinski definition) is 0. The average Bonchev–Trinajstić information content (AvgIpc) is 2.68. The molecule has 3 nitrogen and oxygen atoms in total.